The van der Waals surface area contributed by atoms with Crippen molar-refractivity contribution >= 4 is 17.9 Å². The van der Waals surface area contributed by atoms with Crippen LogP contribution < -0.4 is 0 Å². The second kappa shape index (κ2) is 51.1. The lowest BCUT2D eigenvalue weighted by molar-refractivity contribution is -0.870. The molecule has 2 atom stereocenters. The maximum absolute atomic E-state index is 12.8. The van der Waals surface area contributed by atoms with E-state index in [1.807, 2.05) is 21.1 Å². The number of hydrogen-bond acceptors (Lipinski definition) is 7. The molecular formula is C59H112NO8+. The lowest BCUT2D eigenvalue weighted by Crippen LogP contribution is -2.40. The number of hydrogen-bond donors (Lipinski definition) is 1. The minimum absolute atomic E-state index is 0.183. The fraction of sp³-hybridized carbons (Fsp3) is 0.881. The largest absolute Gasteiger partial charge is 0.477 e. The van der Waals surface area contributed by atoms with E-state index in [2.05, 4.69) is 38.2 Å². The van der Waals surface area contributed by atoms with Gasteiger partial charge in [0.15, 0.2) is 6.10 Å². The van der Waals surface area contributed by atoms with Crippen molar-refractivity contribution in [3.63, 3.8) is 0 Å². The minimum atomic E-state index is -1.51. The predicted molar refractivity (Wildman–Crippen MR) is 286 cm³/mol. The fourth-order valence-corrected chi connectivity index (χ4v) is 8.46. The van der Waals surface area contributed by atoms with E-state index in [4.69, 9.17) is 18.9 Å². The first-order valence-corrected chi connectivity index (χ1v) is 29.0. The number of carbonyl (C=O) groups is 3. The first-order valence-electron chi connectivity index (χ1n) is 29.0. The number of quaternary nitrogens is 1. The Kier molecular flexibility index (Phi) is 49.5. The zero-order valence-corrected chi connectivity index (χ0v) is 45.5. The number of esters is 2. The predicted octanol–water partition coefficient (Wildman–Crippen LogP) is 16.7. The second-order valence-corrected chi connectivity index (χ2v) is 21.0. The van der Waals surface area contributed by atoms with Crippen LogP contribution in [0, 0.1) is 0 Å². The van der Waals surface area contributed by atoms with Gasteiger partial charge in [-0.2, -0.15) is 0 Å². The van der Waals surface area contributed by atoms with Gasteiger partial charge >= 0.3 is 17.9 Å². The maximum atomic E-state index is 12.8. The zero-order valence-electron chi connectivity index (χ0n) is 45.5. The van der Waals surface area contributed by atoms with Crippen molar-refractivity contribution in [2.24, 2.45) is 0 Å². The Labute approximate surface area is 420 Å². The molecule has 0 fully saturated rings. The van der Waals surface area contributed by atoms with Crippen LogP contribution in [0.5, 0.6) is 0 Å². The molecule has 400 valence electrons. The molecule has 0 aliphatic rings. The highest BCUT2D eigenvalue weighted by molar-refractivity contribution is 5.71. The minimum Gasteiger partial charge on any atom is -0.477 e. The summed E-state index contributed by atoms with van der Waals surface area (Å²) >= 11 is 0. The Bertz CT molecular complexity index is 1170. The van der Waals surface area contributed by atoms with Crippen LogP contribution in [0.15, 0.2) is 24.3 Å². The van der Waals surface area contributed by atoms with E-state index >= 15 is 0 Å². The molecule has 2 unspecified atom stereocenters. The summed E-state index contributed by atoms with van der Waals surface area (Å²) in [5.41, 5.74) is 0. The van der Waals surface area contributed by atoms with Crippen molar-refractivity contribution in [3.05, 3.63) is 24.3 Å². The zero-order chi connectivity index (χ0) is 49.9. The van der Waals surface area contributed by atoms with Gasteiger partial charge in [0.25, 0.3) is 6.29 Å². The topological polar surface area (TPSA) is 108 Å². The molecule has 0 saturated heterocycles. The molecule has 0 aromatic heterocycles. The first kappa shape index (κ1) is 65.8. The molecule has 0 aromatic carbocycles. The lowest BCUT2D eigenvalue weighted by atomic mass is 10.0. The van der Waals surface area contributed by atoms with E-state index in [-0.39, 0.29) is 32.2 Å². The van der Waals surface area contributed by atoms with Gasteiger partial charge < -0.3 is 28.5 Å². The third kappa shape index (κ3) is 51.6. The van der Waals surface area contributed by atoms with Crippen LogP contribution in [0.3, 0.4) is 0 Å². The summed E-state index contributed by atoms with van der Waals surface area (Å²) in [6.45, 7) is 4.87. The number of carbonyl (C=O) groups excluding carboxylic acids is 2. The van der Waals surface area contributed by atoms with E-state index < -0.39 is 24.3 Å². The number of rotatable bonds is 54. The Morgan fingerprint density at radius 2 is 0.794 bits per heavy atom. The van der Waals surface area contributed by atoms with Crippen LogP contribution in [-0.4, -0.2) is 87.4 Å². The summed E-state index contributed by atoms with van der Waals surface area (Å²) < 4.78 is 22.8. The Morgan fingerprint density at radius 3 is 1.19 bits per heavy atom. The highest BCUT2D eigenvalue weighted by Crippen LogP contribution is 2.17. The molecule has 0 heterocycles. The molecule has 0 aromatic rings. The van der Waals surface area contributed by atoms with Gasteiger partial charge in [0.1, 0.15) is 13.2 Å². The average Bonchev–Trinajstić information content (AvgIpc) is 3.30. The van der Waals surface area contributed by atoms with E-state index in [0.717, 1.165) is 57.8 Å². The van der Waals surface area contributed by atoms with Crippen molar-refractivity contribution < 1.29 is 42.9 Å². The van der Waals surface area contributed by atoms with E-state index in [9.17, 15) is 19.5 Å². The van der Waals surface area contributed by atoms with E-state index in [1.165, 1.54) is 186 Å². The Morgan fingerprint density at radius 1 is 0.441 bits per heavy atom. The summed E-state index contributed by atoms with van der Waals surface area (Å²) in [6.07, 6.45) is 57.0. The van der Waals surface area contributed by atoms with Gasteiger partial charge in [-0.25, -0.2) is 4.79 Å². The quantitative estimate of drug-likeness (QED) is 0.0211. The van der Waals surface area contributed by atoms with Gasteiger partial charge in [-0.05, 0) is 44.9 Å². The maximum Gasteiger partial charge on any atom is 0.361 e. The summed E-state index contributed by atoms with van der Waals surface area (Å²) in [5.74, 6) is -2.01. The smallest absolute Gasteiger partial charge is 0.361 e. The lowest BCUT2D eigenvalue weighted by Gasteiger charge is -2.25. The van der Waals surface area contributed by atoms with Gasteiger partial charge in [0.2, 0.25) is 0 Å². The van der Waals surface area contributed by atoms with Gasteiger partial charge in [-0.1, -0.05) is 244 Å². The average molecular weight is 964 g/mol. The van der Waals surface area contributed by atoms with Gasteiger partial charge in [-0.15, -0.1) is 0 Å². The van der Waals surface area contributed by atoms with Crippen molar-refractivity contribution in [2.75, 3.05) is 47.5 Å². The Hall–Kier alpha value is -2.23. The van der Waals surface area contributed by atoms with Crippen molar-refractivity contribution in [1.29, 1.82) is 0 Å². The molecule has 0 spiro atoms. The van der Waals surface area contributed by atoms with Gasteiger partial charge in [-0.3, -0.25) is 9.59 Å². The number of allylic oxidation sites excluding steroid dienone is 4. The molecule has 0 radical (unpaired) electrons. The molecule has 0 aliphatic carbocycles. The van der Waals surface area contributed by atoms with Crippen LogP contribution in [0.2, 0.25) is 0 Å². The SMILES string of the molecule is CCCCC/C=C\C/C=C\CCCCCCCC(=O)OC(COC(=O)CCCCCCCCCCCCCCCCCCCCCCCCCCCCCC)COC(OCC[N+](C)(C)C)C(=O)O. The summed E-state index contributed by atoms with van der Waals surface area (Å²) in [4.78, 5) is 37.3. The summed E-state index contributed by atoms with van der Waals surface area (Å²) in [7, 11) is 5.97. The number of carboxylic acids is 1. The van der Waals surface area contributed by atoms with Crippen LogP contribution >= 0.6 is 0 Å². The third-order valence-electron chi connectivity index (χ3n) is 13.0. The van der Waals surface area contributed by atoms with Crippen molar-refractivity contribution in [1.82, 2.24) is 0 Å². The van der Waals surface area contributed by atoms with Crippen molar-refractivity contribution in [3.8, 4) is 0 Å². The van der Waals surface area contributed by atoms with E-state index in [1.54, 1.807) is 0 Å². The summed E-state index contributed by atoms with van der Waals surface area (Å²) in [6, 6.07) is 0. The third-order valence-corrected chi connectivity index (χ3v) is 13.0. The molecule has 0 bridgehead atoms. The van der Waals surface area contributed by atoms with Gasteiger partial charge in [0, 0.05) is 12.8 Å². The molecule has 9 nitrogen and oxygen atoms in total. The van der Waals surface area contributed by atoms with E-state index in [0.29, 0.717) is 23.9 Å². The van der Waals surface area contributed by atoms with Crippen LogP contribution in [0.4, 0.5) is 0 Å². The van der Waals surface area contributed by atoms with Crippen LogP contribution in [-0.2, 0) is 33.3 Å². The molecule has 68 heavy (non-hydrogen) atoms. The number of likely N-dealkylation sites (N-methyl/N-ethyl adjacent to an activating group) is 1. The number of carboxylic acid groups (broad SMARTS) is 1. The normalized spacial score (nSPS) is 12.9. The number of ether oxygens (including phenoxy) is 4. The molecule has 0 aliphatic heterocycles. The molecule has 9 heteroatoms. The van der Waals surface area contributed by atoms with Crippen LogP contribution in [0.25, 0.3) is 0 Å². The molecular weight excluding hydrogens is 851 g/mol. The highest BCUT2D eigenvalue weighted by atomic mass is 16.7. The molecule has 0 saturated carbocycles. The molecule has 0 rings (SSSR count). The number of aliphatic carboxylic acids is 1. The monoisotopic (exact) mass is 963 g/mol. The second-order valence-electron chi connectivity index (χ2n) is 21.0. The Balaban J connectivity index is 4.12. The standard InChI is InChI=1S/C59H111NO8/c1-6-8-10-12-14-16-18-20-22-23-24-25-26-27-28-29-30-31-32-33-34-36-37-39-41-43-45-47-49-56(61)66-53-55(54-67-59(58(63)64)65-52-51-60(3,4)5)68-57(62)50-48-46-44-42-40-38-35-21-19-17-15-13-11-9-7-2/h15,17,21,35,55,59H,6-14,16,18-20,22-34,36-54H2,1-5H3/p+1/b17-15-,35-21-. The van der Waals surface area contributed by atoms with Crippen LogP contribution in [0.1, 0.15) is 277 Å². The molecule has 1 N–H and O–H groups in total. The number of unbranched alkanes of at least 4 members (excludes halogenated alkanes) is 35. The fourth-order valence-electron chi connectivity index (χ4n) is 8.46. The van der Waals surface area contributed by atoms with Gasteiger partial charge in [0.05, 0.1) is 34.4 Å². The number of nitrogens with zero attached hydrogens (tertiary/aromatic N) is 1. The first-order chi connectivity index (χ1) is 33.1. The highest BCUT2D eigenvalue weighted by Gasteiger charge is 2.25. The van der Waals surface area contributed by atoms with Crippen molar-refractivity contribution in [2.45, 2.75) is 289 Å². The molecule has 0 amide bonds. The summed E-state index contributed by atoms with van der Waals surface area (Å²) in [5, 5.41) is 9.68.